The maximum absolute atomic E-state index is 15.2. The molecule has 40 heavy (non-hydrogen) atoms. The van der Waals surface area contributed by atoms with Crippen LogP contribution in [0.1, 0.15) is 53.0 Å². The molecule has 2 heterocycles. The molecule has 0 saturated carbocycles. The molecule has 10 heteroatoms. The van der Waals surface area contributed by atoms with Gasteiger partial charge in [0.05, 0.1) is 5.69 Å². The summed E-state index contributed by atoms with van der Waals surface area (Å²) in [5.41, 5.74) is 3.50. The van der Waals surface area contributed by atoms with Crippen molar-refractivity contribution in [3.8, 4) is 0 Å². The number of halogens is 3. The van der Waals surface area contributed by atoms with E-state index in [9.17, 15) is 17.2 Å². The molecule has 208 valence electrons. The highest BCUT2D eigenvalue weighted by atomic mass is 32.2. The predicted molar refractivity (Wildman–Crippen MR) is 154 cm³/mol. The van der Waals surface area contributed by atoms with Crippen molar-refractivity contribution in [2.75, 3.05) is 5.75 Å². The van der Waals surface area contributed by atoms with Crippen LogP contribution in [-0.4, -0.2) is 24.0 Å². The van der Waals surface area contributed by atoms with Gasteiger partial charge < -0.3 is 0 Å². The lowest BCUT2D eigenvalue weighted by Crippen LogP contribution is -2.24. The molecule has 5 nitrogen and oxygen atoms in total. The van der Waals surface area contributed by atoms with E-state index in [2.05, 4.69) is 9.82 Å². The zero-order valence-corrected chi connectivity index (χ0v) is 23.3. The van der Waals surface area contributed by atoms with Crippen LogP contribution >= 0.6 is 11.8 Å². The van der Waals surface area contributed by atoms with Crippen LogP contribution in [0.3, 0.4) is 0 Å². The molecule has 2 aliphatic rings. The second-order valence-electron chi connectivity index (χ2n) is 9.75. The number of rotatable bonds is 8. The molecule has 2 aromatic carbocycles. The van der Waals surface area contributed by atoms with Gasteiger partial charge in [0, 0.05) is 46.2 Å². The number of nitrogens with one attached hydrogen (secondary N) is 1. The Bertz CT molecular complexity index is 1610. The van der Waals surface area contributed by atoms with Crippen LogP contribution in [0.2, 0.25) is 0 Å². The van der Waals surface area contributed by atoms with E-state index < -0.39 is 33.8 Å². The Morgan fingerprint density at radius 2 is 1.95 bits per heavy atom. The summed E-state index contributed by atoms with van der Waals surface area (Å²) in [4.78, 5) is 0. The predicted octanol–water partition coefficient (Wildman–Crippen LogP) is 7.06. The van der Waals surface area contributed by atoms with Crippen molar-refractivity contribution in [2.45, 2.75) is 37.1 Å². The minimum Gasteiger partial charge on any atom is -0.255 e. The molecule has 1 aromatic heterocycles. The van der Waals surface area contributed by atoms with Gasteiger partial charge in [-0.15, -0.1) is 0 Å². The highest BCUT2D eigenvalue weighted by Gasteiger charge is 2.32. The number of allylic oxidation sites excluding steroid dienone is 6. The molecule has 1 N–H and O–H groups in total. The van der Waals surface area contributed by atoms with Gasteiger partial charge in [0.1, 0.15) is 23.5 Å². The summed E-state index contributed by atoms with van der Waals surface area (Å²) in [5, 5.41) is 5.72. The average molecular weight is 584 g/mol. The van der Waals surface area contributed by atoms with Crippen LogP contribution < -0.4 is 4.72 Å². The van der Waals surface area contributed by atoms with Crippen molar-refractivity contribution >= 4 is 27.9 Å². The fraction of sp³-hybridized carbons (Fsp3) is 0.233. The standard InChI is InChI=1S/C30H28F3N3O2S2/c1-20(22-8-3-2-4-9-22)35-40(37,38)14-13-28-26-19-39-18-23(15-21-7-5-10-24(31)16-21)30(26)36(34-28)29-12-6-11-25(32)17-27(29)33/h2-14,16-17,20,23,29,35H,15,18-19H2,1H3/b14-13+/t20-,23?,29?/m0/s1. The van der Waals surface area contributed by atoms with Gasteiger partial charge in [-0.2, -0.15) is 16.9 Å². The highest BCUT2D eigenvalue weighted by molar-refractivity contribution is 7.98. The Balaban J connectivity index is 1.52. The summed E-state index contributed by atoms with van der Waals surface area (Å²) in [7, 11) is -3.85. The summed E-state index contributed by atoms with van der Waals surface area (Å²) in [6, 6.07) is 14.1. The van der Waals surface area contributed by atoms with Crippen molar-refractivity contribution < 1.29 is 21.6 Å². The van der Waals surface area contributed by atoms with Crippen LogP contribution in [0, 0.1) is 5.82 Å². The summed E-state index contributed by atoms with van der Waals surface area (Å²) in [6.45, 7) is 1.76. The van der Waals surface area contributed by atoms with Crippen molar-refractivity contribution in [1.82, 2.24) is 14.5 Å². The average Bonchev–Trinajstić information content (AvgIpc) is 3.20. The lowest BCUT2D eigenvalue weighted by molar-refractivity contribution is 0.454. The molecule has 0 amide bonds. The number of sulfonamides is 1. The van der Waals surface area contributed by atoms with Gasteiger partial charge in [0.2, 0.25) is 10.0 Å². The number of thioether (sulfide) groups is 1. The highest BCUT2D eigenvalue weighted by Crippen LogP contribution is 2.41. The lowest BCUT2D eigenvalue weighted by atomic mass is 9.93. The summed E-state index contributed by atoms with van der Waals surface area (Å²) in [5.74, 6) is -0.716. The minimum absolute atomic E-state index is 0.153. The first-order chi connectivity index (χ1) is 19.2. The largest absolute Gasteiger partial charge is 0.255 e. The molecule has 0 radical (unpaired) electrons. The third kappa shape index (κ3) is 6.51. The van der Waals surface area contributed by atoms with Gasteiger partial charge in [-0.05, 0) is 48.8 Å². The van der Waals surface area contributed by atoms with Crippen molar-refractivity contribution in [2.24, 2.45) is 0 Å². The van der Waals surface area contributed by atoms with E-state index in [4.69, 9.17) is 0 Å². The van der Waals surface area contributed by atoms with Crippen LogP contribution in [0.25, 0.3) is 6.08 Å². The zero-order chi connectivity index (χ0) is 28.3. The molecule has 3 atom stereocenters. The Morgan fingerprint density at radius 3 is 2.73 bits per heavy atom. The minimum atomic E-state index is -3.85. The fourth-order valence-electron chi connectivity index (χ4n) is 4.97. The topological polar surface area (TPSA) is 64.0 Å². The molecular formula is C30H28F3N3O2S2. The van der Waals surface area contributed by atoms with Gasteiger partial charge in [-0.25, -0.2) is 26.3 Å². The molecule has 0 bridgehead atoms. The SMILES string of the molecule is C[C@H](NS(=O)(=O)/C=C/c1nn(C2C=CC=C(F)C=C2F)c2c1CSCC2Cc1cccc(F)c1)c1ccccc1. The first kappa shape index (κ1) is 28.2. The van der Waals surface area contributed by atoms with Crippen molar-refractivity contribution in [3.05, 3.63) is 130 Å². The van der Waals surface area contributed by atoms with E-state index in [0.717, 1.165) is 33.9 Å². The number of aromatic nitrogens is 2. The first-order valence-electron chi connectivity index (χ1n) is 12.8. The monoisotopic (exact) mass is 583 g/mol. The second-order valence-corrected chi connectivity index (χ2v) is 12.4. The Morgan fingerprint density at radius 1 is 1.15 bits per heavy atom. The molecule has 3 aromatic rings. The smallest absolute Gasteiger partial charge is 0.234 e. The number of fused-ring (bicyclic) bond motifs is 1. The molecule has 2 unspecified atom stereocenters. The maximum Gasteiger partial charge on any atom is 0.234 e. The quantitative estimate of drug-likeness (QED) is 0.308. The van der Waals surface area contributed by atoms with Crippen LogP contribution in [-0.2, 0) is 22.2 Å². The number of hydrogen-bond acceptors (Lipinski definition) is 4. The number of hydrogen-bond donors (Lipinski definition) is 1. The van der Waals surface area contributed by atoms with Gasteiger partial charge in [0.15, 0.2) is 0 Å². The number of nitrogens with zero attached hydrogens (tertiary/aromatic N) is 2. The van der Waals surface area contributed by atoms with Gasteiger partial charge >= 0.3 is 0 Å². The Labute approximate surface area is 236 Å². The van der Waals surface area contributed by atoms with Crippen molar-refractivity contribution in [3.63, 3.8) is 0 Å². The molecule has 1 aliphatic carbocycles. The third-order valence-corrected chi connectivity index (χ3v) is 9.13. The van der Waals surface area contributed by atoms with Crippen LogP contribution in [0.15, 0.2) is 96.0 Å². The fourth-order valence-corrected chi connectivity index (χ4v) is 7.16. The molecule has 0 fully saturated rings. The van der Waals surface area contributed by atoms with Crippen LogP contribution in [0.5, 0.6) is 0 Å². The second kappa shape index (κ2) is 12.0. The number of benzene rings is 2. The van der Waals surface area contributed by atoms with E-state index in [0.29, 0.717) is 23.6 Å². The van der Waals surface area contributed by atoms with Gasteiger partial charge in [0.25, 0.3) is 0 Å². The first-order valence-corrected chi connectivity index (χ1v) is 15.5. The van der Waals surface area contributed by atoms with Gasteiger partial charge in [-0.1, -0.05) is 54.6 Å². The third-order valence-electron chi connectivity index (χ3n) is 6.82. The van der Waals surface area contributed by atoms with Crippen LogP contribution in [0.4, 0.5) is 13.2 Å². The maximum atomic E-state index is 15.2. The van der Waals surface area contributed by atoms with E-state index >= 15 is 4.39 Å². The zero-order valence-electron chi connectivity index (χ0n) is 21.7. The summed E-state index contributed by atoms with van der Waals surface area (Å²) >= 11 is 1.65. The van der Waals surface area contributed by atoms with E-state index in [1.54, 1.807) is 24.8 Å². The van der Waals surface area contributed by atoms with E-state index in [1.165, 1.54) is 41.1 Å². The lowest BCUT2D eigenvalue weighted by Gasteiger charge is -2.26. The molecule has 0 spiro atoms. The molecule has 5 rings (SSSR count). The van der Waals surface area contributed by atoms with E-state index in [-0.39, 0.29) is 11.7 Å². The summed E-state index contributed by atoms with van der Waals surface area (Å²) < 4.78 is 73.1. The molecular weight excluding hydrogens is 555 g/mol. The molecule has 1 aliphatic heterocycles. The van der Waals surface area contributed by atoms with E-state index in [1.807, 2.05) is 36.4 Å². The molecule has 0 saturated heterocycles. The Kier molecular flexibility index (Phi) is 8.48. The summed E-state index contributed by atoms with van der Waals surface area (Å²) in [6.07, 6.45) is 6.84. The Hall–Kier alpha value is -3.34. The van der Waals surface area contributed by atoms with Gasteiger partial charge in [-0.3, -0.25) is 4.68 Å². The normalized spacial score (nSPS) is 20.1. The van der Waals surface area contributed by atoms with Crippen molar-refractivity contribution in [1.29, 1.82) is 0 Å².